The van der Waals surface area contributed by atoms with Gasteiger partial charge in [0.1, 0.15) is 12.3 Å². The highest BCUT2D eigenvalue weighted by Crippen LogP contribution is 2.09. The second-order valence-electron chi connectivity index (χ2n) is 4.52. The van der Waals surface area contributed by atoms with Crippen LogP contribution in [0, 0.1) is 0 Å². The van der Waals surface area contributed by atoms with Crippen LogP contribution in [-0.4, -0.2) is 23.4 Å². The van der Waals surface area contributed by atoms with Gasteiger partial charge in [0.25, 0.3) is 0 Å². The summed E-state index contributed by atoms with van der Waals surface area (Å²) in [4.78, 5) is 0. The quantitative estimate of drug-likeness (QED) is 0.742. The highest BCUT2D eigenvalue weighted by Gasteiger charge is 2.06. The molecule has 0 fully saturated rings. The number of aromatic nitrogens is 2. The number of hydrogen-bond acceptors (Lipinski definition) is 4. The Morgan fingerprint density at radius 1 is 1.47 bits per heavy atom. The van der Waals surface area contributed by atoms with E-state index in [1.165, 1.54) is 5.69 Å². The second-order valence-corrected chi connectivity index (χ2v) is 4.52. The van der Waals surface area contributed by atoms with E-state index in [9.17, 15) is 0 Å². The third-order valence-corrected chi connectivity index (χ3v) is 2.88. The van der Waals surface area contributed by atoms with Crippen molar-refractivity contribution in [1.29, 1.82) is 0 Å². The van der Waals surface area contributed by atoms with Gasteiger partial charge >= 0.3 is 0 Å². The molecule has 0 aliphatic carbocycles. The normalized spacial score (nSPS) is 11.1. The molecule has 5 nitrogen and oxygen atoms in total. The molecular formula is C14H21N3O2. The molecule has 0 spiro atoms. The third-order valence-electron chi connectivity index (χ3n) is 2.88. The van der Waals surface area contributed by atoms with E-state index in [1.807, 2.05) is 6.07 Å². The first-order valence-electron chi connectivity index (χ1n) is 6.61. The Labute approximate surface area is 113 Å². The van der Waals surface area contributed by atoms with Gasteiger partial charge in [0.05, 0.1) is 6.54 Å². The van der Waals surface area contributed by atoms with Crippen molar-refractivity contribution in [3.8, 4) is 0 Å². The molecule has 0 aliphatic rings. The summed E-state index contributed by atoms with van der Waals surface area (Å²) in [7, 11) is 1.64. The van der Waals surface area contributed by atoms with E-state index in [0.717, 1.165) is 37.5 Å². The van der Waals surface area contributed by atoms with E-state index in [0.29, 0.717) is 6.61 Å². The molecule has 0 saturated carbocycles. The van der Waals surface area contributed by atoms with Crippen LogP contribution in [0.5, 0.6) is 0 Å². The molecule has 2 rings (SSSR count). The minimum absolute atomic E-state index is 0.462. The average molecular weight is 263 g/mol. The maximum absolute atomic E-state index is 5.19. The first kappa shape index (κ1) is 13.8. The monoisotopic (exact) mass is 263 g/mol. The van der Waals surface area contributed by atoms with Gasteiger partial charge in [-0.05, 0) is 25.1 Å². The molecule has 0 unspecified atom stereocenters. The Morgan fingerprint density at radius 2 is 2.37 bits per heavy atom. The summed E-state index contributed by atoms with van der Waals surface area (Å²) in [6, 6.07) is 6.12. The number of hydrogen-bond donors (Lipinski definition) is 1. The number of nitrogens with zero attached hydrogens (tertiary/aromatic N) is 2. The highest BCUT2D eigenvalue weighted by atomic mass is 16.5. The van der Waals surface area contributed by atoms with Gasteiger partial charge in [-0.15, -0.1) is 0 Å². The van der Waals surface area contributed by atoms with Gasteiger partial charge in [-0.25, -0.2) is 0 Å². The van der Waals surface area contributed by atoms with E-state index in [4.69, 9.17) is 9.26 Å². The molecule has 19 heavy (non-hydrogen) atoms. The Balaban J connectivity index is 1.96. The fraction of sp³-hybridized carbons (Fsp3) is 0.500. The van der Waals surface area contributed by atoms with E-state index in [2.05, 4.69) is 40.3 Å². The molecule has 2 aromatic heterocycles. The first-order valence-corrected chi connectivity index (χ1v) is 6.61. The van der Waals surface area contributed by atoms with Gasteiger partial charge in [-0.1, -0.05) is 12.1 Å². The van der Waals surface area contributed by atoms with Crippen LogP contribution in [0.4, 0.5) is 0 Å². The SMILES string of the molecule is CCCNCc1cccn1Cc1cc(COC)on1. The molecule has 0 bridgehead atoms. The van der Waals surface area contributed by atoms with Crippen molar-refractivity contribution in [2.24, 2.45) is 0 Å². The minimum Gasteiger partial charge on any atom is -0.377 e. The zero-order chi connectivity index (χ0) is 13.5. The summed E-state index contributed by atoms with van der Waals surface area (Å²) in [6.45, 7) is 5.27. The summed E-state index contributed by atoms with van der Waals surface area (Å²) >= 11 is 0. The van der Waals surface area contributed by atoms with Gasteiger partial charge in [-0.3, -0.25) is 0 Å². The predicted molar refractivity (Wildman–Crippen MR) is 72.7 cm³/mol. The van der Waals surface area contributed by atoms with Crippen LogP contribution in [-0.2, 0) is 24.4 Å². The molecule has 5 heteroatoms. The van der Waals surface area contributed by atoms with Crippen molar-refractivity contribution in [2.75, 3.05) is 13.7 Å². The van der Waals surface area contributed by atoms with Gasteiger partial charge in [0.2, 0.25) is 0 Å². The van der Waals surface area contributed by atoms with Crippen LogP contribution in [0.3, 0.4) is 0 Å². The lowest BCUT2D eigenvalue weighted by Gasteiger charge is -2.08. The summed E-state index contributed by atoms with van der Waals surface area (Å²) < 4.78 is 12.4. The lowest BCUT2D eigenvalue weighted by atomic mass is 10.3. The molecule has 104 valence electrons. The van der Waals surface area contributed by atoms with Crippen molar-refractivity contribution in [3.63, 3.8) is 0 Å². The van der Waals surface area contributed by atoms with Crippen molar-refractivity contribution in [3.05, 3.63) is 41.5 Å². The standard InChI is InChI=1S/C14H21N3O2/c1-3-6-15-9-13-5-4-7-17(13)10-12-8-14(11-18-2)19-16-12/h4-5,7-8,15H,3,6,9-11H2,1-2H3. The predicted octanol–water partition coefficient (Wildman–Crippen LogP) is 2.17. The Morgan fingerprint density at radius 3 is 3.16 bits per heavy atom. The van der Waals surface area contributed by atoms with Crippen molar-refractivity contribution < 1.29 is 9.26 Å². The second kappa shape index (κ2) is 7.11. The molecule has 0 saturated heterocycles. The van der Waals surface area contributed by atoms with E-state index < -0.39 is 0 Å². The topological polar surface area (TPSA) is 52.2 Å². The lowest BCUT2D eigenvalue weighted by Crippen LogP contribution is -2.17. The third kappa shape index (κ3) is 3.94. The zero-order valence-corrected chi connectivity index (χ0v) is 11.6. The Bertz CT molecular complexity index is 490. The fourth-order valence-electron chi connectivity index (χ4n) is 1.97. The van der Waals surface area contributed by atoms with Crippen LogP contribution in [0.15, 0.2) is 28.9 Å². The molecule has 2 aromatic rings. The van der Waals surface area contributed by atoms with Crippen molar-refractivity contribution >= 4 is 0 Å². The Kier molecular flexibility index (Phi) is 5.18. The molecule has 0 radical (unpaired) electrons. The van der Waals surface area contributed by atoms with E-state index in [1.54, 1.807) is 7.11 Å². The zero-order valence-electron chi connectivity index (χ0n) is 11.6. The van der Waals surface area contributed by atoms with E-state index >= 15 is 0 Å². The summed E-state index contributed by atoms with van der Waals surface area (Å²) in [6.07, 6.45) is 3.21. The van der Waals surface area contributed by atoms with Gasteiger partial charge in [0, 0.05) is 31.6 Å². The molecule has 0 amide bonds. The summed E-state index contributed by atoms with van der Waals surface area (Å²) in [5.41, 5.74) is 2.17. The van der Waals surface area contributed by atoms with Crippen LogP contribution >= 0.6 is 0 Å². The Hall–Kier alpha value is -1.59. The fourth-order valence-corrected chi connectivity index (χ4v) is 1.97. The van der Waals surface area contributed by atoms with Gasteiger partial charge in [-0.2, -0.15) is 0 Å². The molecule has 0 atom stereocenters. The van der Waals surface area contributed by atoms with Crippen molar-refractivity contribution in [1.82, 2.24) is 15.0 Å². The largest absolute Gasteiger partial charge is 0.377 e. The smallest absolute Gasteiger partial charge is 0.162 e. The van der Waals surface area contributed by atoms with E-state index in [-0.39, 0.29) is 0 Å². The highest BCUT2D eigenvalue weighted by molar-refractivity contribution is 5.11. The van der Waals surface area contributed by atoms with Crippen molar-refractivity contribution in [2.45, 2.75) is 33.0 Å². The minimum atomic E-state index is 0.462. The number of nitrogens with one attached hydrogen (secondary N) is 1. The average Bonchev–Trinajstić information content (AvgIpc) is 3.01. The molecular weight excluding hydrogens is 242 g/mol. The van der Waals surface area contributed by atoms with Crippen LogP contribution < -0.4 is 5.32 Å². The maximum Gasteiger partial charge on any atom is 0.162 e. The molecule has 1 N–H and O–H groups in total. The molecule has 2 heterocycles. The van der Waals surface area contributed by atoms with Crippen LogP contribution in [0.2, 0.25) is 0 Å². The summed E-state index contributed by atoms with van der Waals surface area (Å²) in [5.74, 6) is 0.760. The first-order chi connectivity index (χ1) is 9.33. The molecule has 0 aromatic carbocycles. The van der Waals surface area contributed by atoms with Crippen LogP contribution in [0.25, 0.3) is 0 Å². The van der Waals surface area contributed by atoms with Gasteiger partial charge in [0.15, 0.2) is 5.76 Å². The molecule has 0 aliphatic heterocycles. The van der Waals surface area contributed by atoms with Crippen LogP contribution in [0.1, 0.15) is 30.5 Å². The number of methoxy groups -OCH3 is 1. The number of rotatable bonds is 8. The lowest BCUT2D eigenvalue weighted by molar-refractivity contribution is 0.155. The maximum atomic E-state index is 5.19. The number of ether oxygens (including phenoxy) is 1. The van der Waals surface area contributed by atoms with Gasteiger partial charge < -0.3 is 19.1 Å². The summed E-state index contributed by atoms with van der Waals surface area (Å²) in [5, 5.41) is 7.46.